The number of nitro groups is 1. The van der Waals surface area contributed by atoms with Gasteiger partial charge in [-0.3, -0.25) is 10.1 Å². The zero-order chi connectivity index (χ0) is 23.8. The zero-order valence-corrected chi connectivity index (χ0v) is 18.5. The van der Waals surface area contributed by atoms with Crippen LogP contribution < -0.4 is 5.32 Å². The van der Waals surface area contributed by atoms with Crippen molar-refractivity contribution >= 4 is 23.6 Å². The monoisotopic (exact) mass is 450 g/mol. The number of hydrogen-bond donors (Lipinski definition) is 1. The molecule has 1 aliphatic rings. The molecule has 1 heterocycles. The minimum atomic E-state index is -1.01. The molecule has 0 spiro atoms. The SMILES string of the molecule is COCCOC(=O)OC1=C(C)NC(C)C(OC(=O)OC(C)C)=C1c1cccc([N+](=O)[O-])c1. The first-order valence-corrected chi connectivity index (χ1v) is 9.82. The summed E-state index contributed by atoms with van der Waals surface area (Å²) in [7, 11) is 1.46. The molecule has 174 valence electrons. The molecule has 0 aliphatic carbocycles. The zero-order valence-electron chi connectivity index (χ0n) is 18.5. The first-order chi connectivity index (χ1) is 15.1. The molecular weight excluding hydrogens is 424 g/mol. The number of allylic oxidation sites excluding steroid dienone is 2. The number of rotatable bonds is 8. The first kappa shape index (κ1) is 24.7. The van der Waals surface area contributed by atoms with Crippen LogP contribution in [0.2, 0.25) is 0 Å². The van der Waals surface area contributed by atoms with Crippen LogP contribution in [0.1, 0.15) is 33.3 Å². The number of dihydropyridines is 1. The predicted octanol–water partition coefficient (Wildman–Crippen LogP) is 3.89. The van der Waals surface area contributed by atoms with Crippen molar-refractivity contribution in [3.05, 3.63) is 57.2 Å². The second-order valence-corrected chi connectivity index (χ2v) is 7.08. The Labute approximate surface area is 185 Å². The highest BCUT2D eigenvalue weighted by Gasteiger charge is 2.33. The Morgan fingerprint density at radius 1 is 1.19 bits per heavy atom. The topological polar surface area (TPSA) is 135 Å². The van der Waals surface area contributed by atoms with Gasteiger partial charge in [0.15, 0.2) is 5.76 Å². The van der Waals surface area contributed by atoms with Gasteiger partial charge in [0.25, 0.3) is 5.69 Å². The van der Waals surface area contributed by atoms with Crippen LogP contribution in [0.5, 0.6) is 0 Å². The Morgan fingerprint density at radius 3 is 2.53 bits per heavy atom. The fourth-order valence-electron chi connectivity index (χ4n) is 2.91. The molecule has 0 amide bonds. The number of methoxy groups -OCH3 is 1. The maximum absolute atomic E-state index is 12.2. The number of carbonyl (C=O) groups excluding carboxylic acids is 2. The van der Waals surface area contributed by atoms with Crippen LogP contribution >= 0.6 is 0 Å². The Bertz CT molecular complexity index is 937. The smallest absolute Gasteiger partial charge is 0.432 e. The quantitative estimate of drug-likeness (QED) is 0.269. The van der Waals surface area contributed by atoms with E-state index in [9.17, 15) is 19.7 Å². The third kappa shape index (κ3) is 6.45. The Balaban J connectivity index is 2.55. The van der Waals surface area contributed by atoms with Gasteiger partial charge in [-0.1, -0.05) is 12.1 Å². The number of nitrogens with one attached hydrogen (secondary N) is 1. The molecule has 11 heteroatoms. The second-order valence-electron chi connectivity index (χ2n) is 7.08. The standard InChI is InChI=1S/C21H26N2O9/c1-12(2)30-21(25)32-19-14(4)22-13(3)18(31-20(24)29-10-9-28-5)17(19)15-7-6-8-16(11-15)23(26)27/h6-8,11-12,14,22H,9-10H2,1-5H3. The molecule has 1 aromatic rings. The van der Waals surface area contributed by atoms with Crippen LogP contribution in [0.3, 0.4) is 0 Å². The van der Waals surface area contributed by atoms with E-state index in [1.807, 2.05) is 0 Å². The van der Waals surface area contributed by atoms with Crippen LogP contribution in [0.25, 0.3) is 5.57 Å². The predicted molar refractivity (Wildman–Crippen MR) is 112 cm³/mol. The summed E-state index contributed by atoms with van der Waals surface area (Å²) in [4.78, 5) is 35.2. The molecule has 32 heavy (non-hydrogen) atoms. The molecule has 1 N–H and O–H groups in total. The van der Waals surface area contributed by atoms with Crippen molar-refractivity contribution < 1.29 is 38.2 Å². The summed E-state index contributed by atoms with van der Waals surface area (Å²) in [5.41, 5.74) is 0.734. The summed E-state index contributed by atoms with van der Waals surface area (Å²) in [6.45, 7) is 6.82. The van der Waals surface area contributed by atoms with Crippen LogP contribution in [0.15, 0.2) is 41.5 Å². The number of benzene rings is 1. The number of non-ortho nitro benzene ring substituents is 1. The van der Waals surface area contributed by atoms with E-state index in [2.05, 4.69) is 5.32 Å². The van der Waals surface area contributed by atoms with Crippen molar-refractivity contribution in [1.29, 1.82) is 0 Å². The van der Waals surface area contributed by atoms with Gasteiger partial charge in [-0.15, -0.1) is 0 Å². The summed E-state index contributed by atoms with van der Waals surface area (Å²) in [6.07, 6.45) is -2.41. The molecule has 0 saturated heterocycles. The highest BCUT2D eigenvalue weighted by molar-refractivity contribution is 5.85. The largest absolute Gasteiger partial charge is 0.514 e. The number of carbonyl (C=O) groups is 2. The molecule has 2 rings (SSSR count). The van der Waals surface area contributed by atoms with Crippen molar-refractivity contribution in [2.45, 2.75) is 39.8 Å². The van der Waals surface area contributed by atoms with Crippen molar-refractivity contribution in [2.24, 2.45) is 0 Å². The lowest BCUT2D eigenvalue weighted by atomic mass is 9.95. The van der Waals surface area contributed by atoms with Crippen LogP contribution in [-0.4, -0.2) is 49.7 Å². The van der Waals surface area contributed by atoms with E-state index in [1.54, 1.807) is 33.8 Å². The Morgan fingerprint density at radius 2 is 1.91 bits per heavy atom. The normalized spacial score (nSPS) is 15.9. The molecule has 11 nitrogen and oxygen atoms in total. The maximum Gasteiger partial charge on any atom is 0.514 e. The number of hydrogen-bond acceptors (Lipinski definition) is 10. The highest BCUT2D eigenvalue weighted by atomic mass is 16.7. The summed E-state index contributed by atoms with van der Waals surface area (Å²) in [5, 5.41) is 14.3. The van der Waals surface area contributed by atoms with Gasteiger partial charge in [0, 0.05) is 19.2 Å². The van der Waals surface area contributed by atoms with Gasteiger partial charge in [-0.25, -0.2) is 9.59 Å². The van der Waals surface area contributed by atoms with Crippen LogP contribution in [-0.2, 0) is 23.7 Å². The molecule has 1 aromatic carbocycles. The van der Waals surface area contributed by atoms with Crippen molar-refractivity contribution in [1.82, 2.24) is 5.32 Å². The van der Waals surface area contributed by atoms with Crippen LogP contribution in [0.4, 0.5) is 15.3 Å². The molecule has 1 unspecified atom stereocenters. The minimum absolute atomic E-state index is 0.00152. The van der Waals surface area contributed by atoms with Crippen molar-refractivity contribution in [2.75, 3.05) is 20.3 Å². The van der Waals surface area contributed by atoms with E-state index in [0.717, 1.165) is 0 Å². The summed E-state index contributed by atoms with van der Waals surface area (Å²) in [6, 6.07) is 5.11. The third-order valence-electron chi connectivity index (χ3n) is 4.20. The Kier molecular flexibility index (Phi) is 8.59. The van der Waals surface area contributed by atoms with Gasteiger partial charge in [0.2, 0.25) is 0 Å². The van der Waals surface area contributed by atoms with Crippen LogP contribution in [0, 0.1) is 10.1 Å². The summed E-state index contributed by atoms with van der Waals surface area (Å²) < 4.78 is 25.7. The minimum Gasteiger partial charge on any atom is -0.432 e. The summed E-state index contributed by atoms with van der Waals surface area (Å²) in [5.74, 6) is 0.0693. The number of ether oxygens (including phenoxy) is 5. The molecule has 0 aromatic heterocycles. The van der Waals surface area contributed by atoms with Gasteiger partial charge in [-0.2, -0.15) is 0 Å². The number of nitro benzene ring substituents is 1. The van der Waals surface area contributed by atoms with Gasteiger partial charge in [-0.05, 0) is 33.3 Å². The van der Waals surface area contributed by atoms with E-state index in [4.69, 9.17) is 23.7 Å². The van der Waals surface area contributed by atoms with E-state index in [-0.39, 0.29) is 36.0 Å². The lowest BCUT2D eigenvalue weighted by Crippen LogP contribution is -2.35. The molecule has 1 atom stereocenters. The third-order valence-corrected chi connectivity index (χ3v) is 4.20. The molecule has 0 bridgehead atoms. The van der Waals surface area contributed by atoms with Gasteiger partial charge in [0.05, 0.1) is 34.9 Å². The van der Waals surface area contributed by atoms with Gasteiger partial charge >= 0.3 is 12.3 Å². The van der Waals surface area contributed by atoms with E-state index in [1.165, 1.54) is 25.3 Å². The van der Waals surface area contributed by atoms with E-state index in [0.29, 0.717) is 11.3 Å². The van der Waals surface area contributed by atoms with Crippen molar-refractivity contribution in [3.8, 4) is 0 Å². The lowest BCUT2D eigenvalue weighted by Gasteiger charge is -2.29. The first-order valence-electron chi connectivity index (χ1n) is 9.82. The Hall–Kier alpha value is -3.60. The molecular formula is C21H26N2O9. The average Bonchev–Trinajstić information content (AvgIpc) is 2.71. The second kappa shape index (κ2) is 11.1. The fraction of sp³-hybridized carbons (Fsp3) is 0.429. The van der Waals surface area contributed by atoms with Crippen molar-refractivity contribution in [3.63, 3.8) is 0 Å². The molecule has 0 radical (unpaired) electrons. The average molecular weight is 450 g/mol. The van der Waals surface area contributed by atoms with Gasteiger partial charge < -0.3 is 29.0 Å². The molecule has 1 aliphatic heterocycles. The lowest BCUT2D eigenvalue weighted by molar-refractivity contribution is -0.384. The molecule has 0 saturated carbocycles. The fourth-order valence-corrected chi connectivity index (χ4v) is 2.91. The van der Waals surface area contributed by atoms with E-state index >= 15 is 0 Å². The van der Waals surface area contributed by atoms with Gasteiger partial charge in [0.1, 0.15) is 12.4 Å². The maximum atomic E-state index is 12.2. The molecule has 0 fully saturated rings. The highest BCUT2D eigenvalue weighted by Crippen LogP contribution is 2.36. The van der Waals surface area contributed by atoms with E-state index < -0.39 is 29.4 Å². The summed E-state index contributed by atoms with van der Waals surface area (Å²) >= 11 is 0. The number of nitrogens with zero attached hydrogens (tertiary/aromatic N) is 1.